The molecule has 3 nitrogen and oxygen atoms in total. The molecule has 6 heteroatoms. The summed E-state index contributed by atoms with van der Waals surface area (Å²) in [6.45, 7) is 0. The summed E-state index contributed by atoms with van der Waals surface area (Å²) in [4.78, 5) is 4.08. The molecule has 0 bridgehead atoms. The molecule has 1 fully saturated rings. The quantitative estimate of drug-likeness (QED) is 0.807. The normalized spacial score (nSPS) is 26.2. The standard InChI is InChI=1S/C13H11ClF2N2O/c14-7-11-17-12(18-19-11)8-5-13(16,6-8)9-2-1-3-10(15)4-9/h1-4,8H,5-7H2/t8-,13+. The van der Waals surface area contributed by atoms with Crippen LogP contribution in [0.5, 0.6) is 0 Å². The van der Waals surface area contributed by atoms with E-state index in [-0.39, 0.29) is 24.6 Å². The van der Waals surface area contributed by atoms with Crippen molar-refractivity contribution < 1.29 is 13.3 Å². The van der Waals surface area contributed by atoms with E-state index in [4.69, 9.17) is 16.1 Å². The van der Waals surface area contributed by atoms with Crippen LogP contribution in [0.25, 0.3) is 0 Å². The number of halogens is 3. The van der Waals surface area contributed by atoms with E-state index in [1.54, 1.807) is 6.07 Å². The van der Waals surface area contributed by atoms with Gasteiger partial charge in [-0.3, -0.25) is 0 Å². The molecule has 100 valence electrons. The topological polar surface area (TPSA) is 38.9 Å². The second-order valence-electron chi connectivity index (χ2n) is 4.76. The number of hydrogen-bond acceptors (Lipinski definition) is 3. The maximum atomic E-state index is 14.6. The molecule has 1 aromatic heterocycles. The zero-order chi connectivity index (χ0) is 13.5. The molecule has 0 unspecified atom stereocenters. The molecule has 2 aromatic rings. The van der Waals surface area contributed by atoms with Gasteiger partial charge in [0.2, 0.25) is 5.89 Å². The number of rotatable bonds is 3. The number of nitrogens with zero attached hydrogens (tertiary/aromatic N) is 2. The molecule has 1 saturated carbocycles. The van der Waals surface area contributed by atoms with Gasteiger partial charge in [-0.1, -0.05) is 17.3 Å². The first-order valence-corrected chi connectivity index (χ1v) is 6.47. The van der Waals surface area contributed by atoms with Crippen LogP contribution in [-0.2, 0) is 11.5 Å². The van der Waals surface area contributed by atoms with Crippen LogP contribution >= 0.6 is 11.6 Å². The lowest BCUT2D eigenvalue weighted by molar-refractivity contribution is 0.0333. The number of benzene rings is 1. The smallest absolute Gasteiger partial charge is 0.241 e. The third-order valence-corrected chi connectivity index (χ3v) is 3.67. The minimum absolute atomic E-state index is 0.103. The van der Waals surface area contributed by atoms with Crippen molar-refractivity contribution in [2.24, 2.45) is 0 Å². The molecule has 19 heavy (non-hydrogen) atoms. The molecule has 0 aliphatic heterocycles. The second-order valence-corrected chi connectivity index (χ2v) is 5.03. The fourth-order valence-corrected chi connectivity index (χ4v) is 2.50. The van der Waals surface area contributed by atoms with E-state index >= 15 is 0 Å². The van der Waals surface area contributed by atoms with E-state index in [1.807, 2.05) is 0 Å². The van der Waals surface area contributed by atoms with Gasteiger partial charge in [-0.2, -0.15) is 4.98 Å². The van der Waals surface area contributed by atoms with E-state index < -0.39 is 11.5 Å². The van der Waals surface area contributed by atoms with E-state index in [0.717, 1.165) is 0 Å². The summed E-state index contributed by atoms with van der Waals surface area (Å²) in [5.41, 5.74) is -1.14. The van der Waals surface area contributed by atoms with Crippen molar-refractivity contribution in [1.29, 1.82) is 0 Å². The molecule has 0 spiro atoms. The largest absolute Gasteiger partial charge is 0.338 e. The highest BCUT2D eigenvalue weighted by Gasteiger charge is 2.48. The van der Waals surface area contributed by atoms with Gasteiger partial charge in [0.15, 0.2) is 5.82 Å². The van der Waals surface area contributed by atoms with Crippen molar-refractivity contribution in [3.8, 4) is 0 Å². The van der Waals surface area contributed by atoms with Gasteiger partial charge in [0.1, 0.15) is 17.4 Å². The third-order valence-electron chi connectivity index (χ3n) is 3.45. The Hall–Kier alpha value is -1.49. The lowest BCUT2D eigenvalue weighted by atomic mass is 9.68. The van der Waals surface area contributed by atoms with Crippen molar-refractivity contribution >= 4 is 11.6 Å². The molecule has 3 rings (SSSR count). The Labute approximate surface area is 113 Å². The Bertz CT molecular complexity index is 596. The molecule has 1 heterocycles. The fourth-order valence-electron chi connectivity index (χ4n) is 2.39. The Morgan fingerprint density at radius 1 is 1.42 bits per heavy atom. The highest BCUT2D eigenvalue weighted by molar-refractivity contribution is 6.16. The van der Waals surface area contributed by atoms with Crippen molar-refractivity contribution in [3.05, 3.63) is 47.4 Å². The van der Waals surface area contributed by atoms with E-state index in [2.05, 4.69) is 10.1 Å². The fraction of sp³-hybridized carbons (Fsp3) is 0.385. The summed E-state index contributed by atoms with van der Waals surface area (Å²) < 4.78 is 32.6. The maximum absolute atomic E-state index is 14.6. The average Bonchev–Trinajstić information content (AvgIpc) is 2.83. The van der Waals surface area contributed by atoms with Crippen molar-refractivity contribution in [3.63, 3.8) is 0 Å². The Morgan fingerprint density at radius 3 is 2.84 bits per heavy atom. The van der Waals surface area contributed by atoms with Gasteiger partial charge in [0.25, 0.3) is 0 Å². The molecule has 1 aliphatic rings. The van der Waals surface area contributed by atoms with E-state index in [0.29, 0.717) is 17.3 Å². The van der Waals surface area contributed by atoms with Crippen LogP contribution in [0.1, 0.15) is 36.0 Å². The molecule has 1 aliphatic carbocycles. The maximum Gasteiger partial charge on any atom is 0.241 e. The predicted octanol–water partition coefficient (Wildman–Crippen LogP) is 3.69. The summed E-state index contributed by atoms with van der Waals surface area (Å²) in [5, 5.41) is 3.77. The highest BCUT2D eigenvalue weighted by Crippen LogP contribution is 2.53. The third kappa shape index (κ3) is 2.23. The summed E-state index contributed by atoms with van der Waals surface area (Å²) in [7, 11) is 0. The lowest BCUT2D eigenvalue weighted by Crippen LogP contribution is -2.36. The second kappa shape index (κ2) is 4.56. The van der Waals surface area contributed by atoms with E-state index in [1.165, 1.54) is 18.2 Å². The molecule has 0 atom stereocenters. The molecule has 0 N–H and O–H groups in total. The lowest BCUT2D eigenvalue weighted by Gasteiger charge is -2.40. The highest BCUT2D eigenvalue weighted by atomic mass is 35.5. The van der Waals surface area contributed by atoms with Gasteiger partial charge in [0, 0.05) is 5.92 Å². The Balaban J connectivity index is 1.74. The summed E-state index contributed by atoms with van der Waals surface area (Å²) in [5.74, 6) is 0.416. The van der Waals surface area contributed by atoms with Crippen molar-refractivity contribution in [2.45, 2.75) is 30.3 Å². The van der Waals surface area contributed by atoms with Crippen LogP contribution in [0.15, 0.2) is 28.8 Å². The first kappa shape index (κ1) is 12.5. The van der Waals surface area contributed by atoms with Gasteiger partial charge in [0.05, 0.1) is 0 Å². The van der Waals surface area contributed by atoms with Crippen LogP contribution in [-0.4, -0.2) is 10.1 Å². The van der Waals surface area contributed by atoms with Crippen LogP contribution in [0.2, 0.25) is 0 Å². The van der Waals surface area contributed by atoms with Gasteiger partial charge < -0.3 is 4.52 Å². The first-order chi connectivity index (χ1) is 9.10. The van der Waals surface area contributed by atoms with Gasteiger partial charge in [-0.15, -0.1) is 11.6 Å². The molecule has 0 amide bonds. The minimum atomic E-state index is -1.51. The molecule has 1 aromatic carbocycles. The summed E-state index contributed by atoms with van der Waals surface area (Å²) >= 11 is 5.56. The monoisotopic (exact) mass is 284 g/mol. The SMILES string of the molecule is Fc1cccc([C@]2(F)C[C@@H](c3noc(CCl)n3)C2)c1. The molecular formula is C13H11ClF2N2O. The predicted molar refractivity (Wildman–Crippen MR) is 65.0 cm³/mol. The van der Waals surface area contributed by atoms with E-state index in [9.17, 15) is 8.78 Å². The van der Waals surface area contributed by atoms with Crippen molar-refractivity contribution in [2.75, 3.05) is 0 Å². The van der Waals surface area contributed by atoms with Gasteiger partial charge >= 0.3 is 0 Å². The Kier molecular flexibility index (Phi) is 3.01. The molecular weight excluding hydrogens is 274 g/mol. The average molecular weight is 285 g/mol. The minimum Gasteiger partial charge on any atom is -0.338 e. The molecule has 0 saturated heterocycles. The van der Waals surface area contributed by atoms with Crippen LogP contribution in [0, 0.1) is 5.82 Å². The summed E-state index contributed by atoms with van der Waals surface area (Å²) in [6.07, 6.45) is 0.468. The molecule has 0 radical (unpaired) electrons. The Morgan fingerprint density at radius 2 is 2.21 bits per heavy atom. The van der Waals surface area contributed by atoms with Crippen LogP contribution in [0.4, 0.5) is 8.78 Å². The van der Waals surface area contributed by atoms with Crippen LogP contribution < -0.4 is 0 Å². The summed E-state index contributed by atoms with van der Waals surface area (Å²) in [6, 6.07) is 5.64. The van der Waals surface area contributed by atoms with Crippen LogP contribution in [0.3, 0.4) is 0 Å². The zero-order valence-corrected chi connectivity index (χ0v) is 10.7. The number of aromatic nitrogens is 2. The number of hydrogen-bond donors (Lipinski definition) is 0. The van der Waals surface area contributed by atoms with Gasteiger partial charge in [-0.25, -0.2) is 8.78 Å². The van der Waals surface area contributed by atoms with Gasteiger partial charge in [-0.05, 0) is 30.5 Å². The number of alkyl halides is 2. The van der Waals surface area contributed by atoms with Crippen molar-refractivity contribution in [1.82, 2.24) is 10.1 Å². The zero-order valence-electron chi connectivity index (χ0n) is 9.94. The first-order valence-electron chi connectivity index (χ1n) is 5.94.